The van der Waals surface area contributed by atoms with E-state index in [9.17, 15) is 14.7 Å². The first-order valence-electron chi connectivity index (χ1n) is 7.40. The first-order chi connectivity index (χ1) is 9.54. The van der Waals surface area contributed by atoms with Crippen molar-refractivity contribution >= 4 is 12.0 Å². The van der Waals surface area contributed by atoms with Gasteiger partial charge in [0.05, 0.1) is 6.61 Å². The number of carbonyl (C=O) groups is 2. The van der Waals surface area contributed by atoms with Gasteiger partial charge in [0, 0.05) is 19.7 Å². The molecule has 2 atom stereocenters. The Labute approximate surface area is 119 Å². The number of carboxylic acid groups (broad SMARTS) is 1. The Morgan fingerprint density at radius 3 is 2.85 bits per heavy atom. The van der Waals surface area contributed by atoms with E-state index in [1.165, 1.54) is 4.90 Å². The van der Waals surface area contributed by atoms with E-state index in [0.717, 1.165) is 32.3 Å². The zero-order chi connectivity index (χ0) is 14.6. The van der Waals surface area contributed by atoms with Crippen LogP contribution in [0.2, 0.25) is 0 Å². The van der Waals surface area contributed by atoms with E-state index in [4.69, 9.17) is 4.74 Å². The molecule has 2 amide bonds. The SMILES string of the molecule is CC1(C(=O)O)CCCCN1C(=O)NCC1CCCOC1. The number of aliphatic carboxylic acids is 1. The van der Waals surface area contributed by atoms with Gasteiger partial charge in [0.2, 0.25) is 0 Å². The number of carbonyl (C=O) groups excluding carboxylic acids is 1. The Hall–Kier alpha value is -1.30. The van der Waals surface area contributed by atoms with Crippen LogP contribution in [0.25, 0.3) is 0 Å². The summed E-state index contributed by atoms with van der Waals surface area (Å²) in [5.41, 5.74) is -1.08. The molecule has 6 heteroatoms. The first-order valence-corrected chi connectivity index (χ1v) is 7.40. The molecule has 0 aromatic carbocycles. The van der Waals surface area contributed by atoms with Crippen molar-refractivity contribution in [2.24, 2.45) is 5.92 Å². The molecule has 114 valence electrons. The molecule has 0 saturated carbocycles. The smallest absolute Gasteiger partial charge is 0.329 e. The summed E-state index contributed by atoms with van der Waals surface area (Å²) in [7, 11) is 0. The average molecular weight is 284 g/mol. The summed E-state index contributed by atoms with van der Waals surface area (Å²) >= 11 is 0. The number of nitrogens with one attached hydrogen (secondary N) is 1. The molecule has 2 rings (SSSR count). The van der Waals surface area contributed by atoms with Gasteiger partial charge in [-0.2, -0.15) is 0 Å². The molecule has 0 spiro atoms. The Bertz CT molecular complexity index is 368. The lowest BCUT2D eigenvalue weighted by Crippen LogP contribution is -2.60. The van der Waals surface area contributed by atoms with Gasteiger partial charge in [-0.25, -0.2) is 9.59 Å². The van der Waals surface area contributed by atoms with Crippen LogP contribution in [0.15, 0.2) is 0 Å². The lowest BCUT2D eigenvalue weighted by molar-refractivity contribution is -0.150. The van der Waals surface area contributed by atoms with Crippen LogP contribution in [0, 0.1) is 5.92 Å². The number of carboxylic acids is 1. The fraction of sp³-hybridized carbons (Fsp3) is 0.857. The van der Waals surface area contributed by atoms with Gasteiger partial charge < -0.3 is 20.1 Å². The third kappa shape index (κ3) is 3.23. The summed E-state index contributed by atoms with van der Waals surface area (Å²) in [5, 5.41) is 12.3. The number of urea groups is 1. The molecule has 2 N–H and O–H groups in total. The highest BCUT2D eigenvalue weighted by Crippen LogP contribution is 2.28. The van der Waals surface area contributed by atoms with Crippen molar-refractivity contribution < 1.29 is 19.4 Å². The zero-order valence-electron chi connectivity index (χ0n) is 12.1. The minimum absolute atomic E-state index is 0.264. The summed E-state index contributed by atoms with van der Waals surface area (Å²) < 4.78 is 5.38. The van der Waals surface area contributed by atoms with Crippen molar-refractivity contribution in [1.82, 2.24) is 10.2 Å². The molecule has 2 heterocycles. The van der Waals surface area contributed by atoms with Crippen molar-refractivity contribution in [3.8, 4) is 0 Å². The first kappa shape index (κ1) is 15.1. The lowest BCUT2D eigenvalue weighted by atomic mass is 9.89. The standard InChI is InChI=1S/C14H24N2O4/c1-14(12(17)18)6-2-3-7-16(14)13(19)15-9-11-5-4-8-20-10-11/h11H,2-10H2,1H3,(H,15,19)(H,17,18). The van der Waals surface area contributed by atoms with Crippen LogP contribution in [0.1, 0.15) is 39.0 Å². The maximum absolute atomic E-state index is 12.3. The highest BCUT2D eigenvalue weighted by atomic mass is 16.5. The van der Waals surface area contributed by atoms with Crippen molar-refractivity contribution in [1.29, 1.82) is 0 Å². The molecule has 0 aliphatic carbocycles. The number of hydrogen-bond donors (Lipinski definition) is 2. The van der Waals surface area contributed by atoms with Crippen LogP contribution >= 0.6 is 0 Å². The maximum atomic E-state index is 12.3. The minimum atomic E-state index is -1.08. The topological polar surface area (TPSA) is 78.9 Å². The summed E-state index contributed by atoms with van der Waals surface area (Å²) in [4.78, 5) is 25.2. The normalized spacial score (nSPS) is 30.9. The third-order valence-corrected chi connectivity index (χ3v) is 4.39. The molecule has 6 nitrogen and oxygen atoms in total. The number of amides is 2. The molecule has 0 aromatic heterocycles. The van der Waals surface area contributed by atoms with Crippen LogP contribution in [0.3, 0.4) is 0 Å². The molecule has 0 radical (unpaired) electrons. The van der Waals surface area contributed by atoms with Gasteiger partial charge in [-0.3, -0.25) is 0 Å². The van der Waals surface area contributed by atoms with Gasteiger partial charge in [-0.1, -0.05) is 0 Å². The predicted molar refractivity (Wildman–Crippen MR) is 73.5 cm³/mol. The van der Waals surface area contributed by atoms with Gasteiger partial charge in [0.15, 0.2) is 0 Å². The largest absolute Gasteiger partial charge is 0.480 e. The summed E-state index contributed by atoms with van der Waals surface area (Å²) in [6.45, 7) is 4.18. The van der Waals surface area contributed by atoms with Crippen molar-refractivity contribution in [2.75, 3.05) is 26.3 Å². The van der Waals surface area contributed by atoms with Crippen LogP contribution in [0.5, 0.6) is 0 Å². The van der Waals surface area contributed by atoms with Crippen LogP contribution < -0.4 is 5.32 Å². The molecule has 2 unspecified atom stereocenters. The Morgan fingerprint density at radius 1 is 1.40 bits per heavy atom. The van der Waals surface area contributed by atoms with Crippen molar-refractivity contribution in [3.63, 3.8) is 0 Å². The molecule has 20 heavy (non-hydrogen) atoms. The van der Waals surface area contributed by atoms with Crippen LogP contribution in [0.4, 0.5) is 4.79 Å². The quantitative estimate of drug-likeness (QED) is 0.822. The van der Waals surface area contributed by atoms with E-state index in [2.05, 4.69) is 5.32 Å². The Balaban J connectivity index is 1.90. The lowest BCUT2D eigenvalue weighted by Gasteiger charge is -2.41. The number of piperidine rings is 1. The number of likely N-dealkylation sites (tertiary alicyclic amines) is 1. The molecule has 2 saturated heterocycles. The summed E-state index contributed by atoms with van der Waals surface area (Å²) in [6, 6.07) is -0.264. The van der Waals surface area contributed by atoms with Crippen LogP contribution in [-0.4, -0.2) is 53.8 Å². The summed E-state index contributed by atoms with van der Waals surface area (Å²) in [6.07, 6.45) is 4.31. The predicted octanol–water partition coefficient (Wildman–Crippen LogP) is 1.45. The van der Waals surface area contributed by atoms with Gasteiger partial charge >= 0.3 is 12.0 Å². The third-order valence-electron chi connectivity index (χ3n) is 4.39. The Morgan fingerprint density at radius 2 is 2.20 bits per heavy atom. The number of ether oxygens (including phenoxy) is 1. The monoisotopic (exact) mass is 284 g/mol. The molecule has 2 fully saturated rings. The molecular weight excluding hydrogens is 260 g/mol. The molecule has 0 bridgehead atoms. The van der Waals surface area contributed by atoms with E-state index >= 15 is 0 Å². The summed E-state index contributed by atoms with van der Waals surface area (Å²) in [5.74, 6) is -0.582. The second-order valence-corrected chi connectivity index (χ2v) is 5.96. The zero-order valence-corrected chi connectivity index (χ0v) is 12.1. The highest BCUT2D eigenvalue weighted by molar-refractivity contribution is 5.86. The number of nitrogens with zero attached hydrogens (tertiary/aromatic N) is 1. The fourth-order valence-corrected chi connectivity index (χ4v) is 2.96. The Kier molecular flexibility index (Phi) is 4.86. The number of hydrogen-bond acceptors (Lipinski definition) is 3. The number of rotatable bonds is 3. The second kappa shape index (κ2) is 6.43. The van der Waals surface area contributed by atoms with E-state index in [0.29, 0.717) is 32.0 Å². The molecular formula is C14H24N2O4. The highest BCUT2D eigenvalue weighted by Gasteiger charge is 2.43. The van der Waals surface area contributed by atoms with Crippen LogP contribution in [-0.2, 0) is 9.53 Å². The van der Waals surface area contributed by atoms with E-state index < -0.39 is 11.5 Å². The average Bonchev–Trinajstić information content (AvgIpc) is 2.46. The van der Waals surface area contributed by atoms with E-state index in [-0.39, 0.29) is 6.03 Å². The maximum Gasteiger partial charge on any atom is 0.329 e. The van der Waals surface area contributed by atoms with E-state index in [1.807, 2.05) is 0 Å². The van der Waals surface area contributed by atoms with Gasteiger partial charge in [0.25, 0.3) is 0 Å². The second-order valence-electron chi connectivity index (χ2n) is 5.96. The minimum Gasteiger partial charge on any atom is -0.480 e. The van der Waals surface area contributed by atoms with Gasteiger partial charge in [0.1, 0.15) is 5.54 Å². The molecule has 2 aliphatic rings. The van der Waals surface area contributed by atoms with Gasteiger partial charge in [-0.15, -0.1) is 0 Å². The fourth-order valence-electron chi connectivity index (χ4n) is 2.96. The molecule has 2 aliphatic heterocycles. The van der Waals surface area contributed by atoms with E-state index in [1.54, 1.807) is 6.92 Å². The van der Waals surface area contributed by atoms with Crippen molar-refractivity contribution in [3.05, 3.63) is 0 Å². The van der Waals surface area contributed by atoms with Gasteiger partial charge in [-0.05, 0) is 44.9 Å². The molecule has 0 aromatic rings. The van der Waals surface area contributed by atoms with Crippen molar-refractivity contribution in [2.45, 2.75) is 44.6 Å².